The monoisotopic (exact) mass is 370 g/mol. The molecular formula is C19H13F3N4O. The Kier molecular flexibility index (Phi) is 4.02. The Morgan fingerprint density at radius 3 is 2.41 bits per heavy atom. The molecule has 5 nitrogen and oxygen atoms in total. The average molecular weight is 370 g/mol. The number of aromatic nitrogens is 4. The number of hydrogen-bond donors (Lipinski definition) is 0. The van der Waals surface area contributed by atoms with Crippen LogP contribution in [0.5, 0.6) is 5.75 Å². The standard InChI is InChI=1S/C19H13F3N4O/c1-27-13-9-6-12(7-10-13)8-11-15-17-24-25-18(19(20,21)22)26(17)16-5-3-2-4-14(16)23-15/h2-11H,1H3/b11-8+. The van der Waals surface area contributed by atoms with E-state index in [9.17, 15) is 13.2 Å². The number of methoxy groups -OCH3 is 1. The number of benzene rings is 2. The fraction of sp³-hybridized carbons (Fsp3) is 0.105. The maximum absolute atomic E-state index is 13.4. The Hall–Kier alpha value is -3.42. The number of halogens is 3. The second-order valence-electron chi connectivity index (χ2n) is 5.77. The van der Waals surface area contributed by atoms with Gasteiger partial charge in [-0.3, -0.25) is 4.40 Å². The maximum atomic E-state index is 13.4. The molecule has 0 fully saturated rings. The minimum atomic E-state index is -4.62. The topological polar surface area (TPSA) is 52.3 Å². The summed E-state index contributed by atoms with van der Waals surface area (Å²) in [6, 6.07) is 13.8. The van der Waals surface area contributed by atoms with Crippen LogP contribution in [0.3, 0.4) is 0 Å². The number of nitrogens with zero attached hydrogens (tertiary/aromatic N) is 4. The Morgan fingerprint density at radius 1 is 0.963 bits per heavy atom. The van der Waals surface area contributed by atoms with Crippen LogP contribution in [0.2, 0.25) is 0 Å². The number of hydrogen-bond acceptors (Lipinski definition) is 4. The van der Waals surface area contributed by atoms with Crippen LogP contribution in [-0.2, 0) is 6.18 Å². The first-order valence-electron chi connectivity index (χ1n) is 8.00. The predicted octanol–water partition coefficient (Wildman–Crippen LogP) is 4.48. The van der Waals surface area contributed by atoms with Gasteiger partial charge in [-0.15, -0.1) is 10.2 Å². The molecule has 27 heavy (non-hydrogen) atoms. The first kappa shape index (κ1) is 17.0. The summed E-state index contributed by atoms with van der Waals surface area (Å²) in [5.74, 6) is -0.360. The lowest BCUT2D eigenvalue weighted by Crippen LogP contribution is -2.11. The van der Waals surface area contributed by atoms with Gasteiger partial charge in [0, 0.05) is 0 Å². The zero-order valence-electron chi connectivity index (χ0n) is 14.1. The lowest BCUT2D eigenvalue weighted by Gasteiger charge is -2.08. The zero-order chi connectivity index (χ0) is 19.0. The van der Waals surface area contributed by atoms with Gasteiger partial charge in [0.15, 0.2) is 5.65 Å². The third-order valence-electron chi connectivity index (χ3n) is 4.06. The van der Waals surface area contributed by atoms with Crippen LogP contribution < -0.4 is 4.74 Å². The second-order valence-corrected chi connectivity index (χ2v) is 5.77. The van der Waals surface area contributed by atoms with E-state index in [0.717, 1.165) is 9.96 Å². The van der Waals surface area contributed by atoms with Crippen LogP contribution in [0.4, 0.5) is 13.2 Å². The van der Waals surface area contributed by atoms with Crippen molar-refractivity contribution in [1.82, 2.24) is 19.6 Å². The summed E-state index contributed by atoms with van der Waals surface area (Å²) in [5.41, 5.74) is 1.91. The SMILES string of the molecule is COc1ccc(/C=C/c2nc3ccccc3n3c(C(F)(F)F)nnc23)cc1. The van der Waals surface area contributed by atoms with E-state index in [1.54, 1.807) is 55.7 Å². The molecule has 4 aromatic rings. The highest BCUT2D eigenvalue weighted by molar-refractivity contribution is 5.83. The molecule has 0 saturated heterocycles. The third kappa shape index (κ3) is 3.10. The minimum absolute atomic E-state index is 0.0470. The van der Waals surface area contributed by atoms with E-state index < -0.39 is 12.0 Å². The van der Waals surface area contributed by atoms with Crippen molar-refractivity contribution >= 4 is 28.8 Å². The van der Waals surface area contributed by atoms with Gasteiger partial charge < -0.3 is 4.74 Å². The highest BCUT2D eigenvalue weighted by atomic mass is 19.4. The van der Waals surface area contributed by atoms with Crippen LogP contribution in [0.25, 0.3) is 28.8 Å². The van der Waals surface area contributed by atoms with E-state index in [-0.39, 0.29) is 5.65 Å². The quantitative estimate of drug-likeness (QED) is 0.534. The summed E-state index contributed by atoms with van der Waals surface area (Å²) in [5, 5.41) is 7.09. The second kappa shape index (κ2) is 6.39. The Balaban J connectivity index is 1.89. The van der Waals surface area contributed by atoms with E-state index in [1.807, 2.05) is 12.1 Å². The van der Waals surface area contributed by atoms with Crippen molar-refractivity contribution in [2.45, 2.75) is 6.18 Å². The lowest BCUT2D eigenvalue weighted by molar-refractivity contribution is -0.145. The number of alkyl halides is 3. The molecule has 0 unspecified atom stereocenters. The van der Waals surface area contributed by atoms with E-state index in [2.05, 4.69) is 15.2 Å². The van der Waals surface area contributed by atoms with Crippen molar-refractivity contribution in [2.24, 2.45) is 0 Å². The summed E-state index contributed by atoms with van der Waals surface area (Å²) in [6.07, 6.45) is -1.25. The number of para-hydroxylation sites is 2. The third-order valence-corrected chi connectivity index (χ3v) is 4.06. The highest BCUT2D eigenvalue weighted by Crippen LogP contribution is 2.31. The summed E-state index contributed by atoms with van der Waals surface area (Å²) >= 11 is 0. The van der Waals surface area contributed by atoms with Crippen molar-refractivity contribution in [3.63, 3.8) is 0 Å². The van der Waals surface area contributed by atoms with Crippen LogP contribution in [0.15, 0.2) is 48.5 Å². The van der Waals surface area contributed by atoms with Crippen LogP contribution in [0.1, 0.15) is 17.1 Å². The first-order valence-corrected chi connectivity index (χ1v) is 8.00. The molecule has 136 valence electrons. The van der Waals surface area contributed by atoms with Crippen molar-refractivity contribution in [1.29, 1.82) is 0 Å². The average Bonchev–Trinajstić information content (AvgIpc) is 3.12. The van der Waals surface area contributed by atoms with E-state index in [4.69, 9.17) is 4.74 Å². The molecule has 0 spiro atoms. The summed E-state index contributed by atoms with van der Waals surface area (Å²) in [6.45, 7) is 0. The fourth-order valence-electron chi connectivity index (χ4n) is 2.79. The highest BCUT2D eigenvalue weighted by Gasteiger charge is 2.37. The van der Waals surface area contributed by atoms with Gasteiger partial charge in [0.1, 0.15) is 11.4 Å². The molecule has 2 aromatic heterocycles. The molecule has 2 heterocycles. The minimum Gasteiger partial charge on any atom is -0.497 e. The first-order chi connectivity index (χ1) is 13.0. The maximum Gasteiger partial charge on any atom is 0.452 e. The molecular weight excluding hydrogens is 357 g/mol. The molecule has 2 aromatic carbocycles. The van der Waals surface area contributed by atoms with Gasteiger partial charge in [-0.1, -0.05) is 30.3 Å². The van der Waals surface area contributed by atoms with Crippen molar-refractivity contribution in [3.05, 3.63) is 65.6 Å². The van der Waals surface area contributed by atoms with Gasteiger partial charge in [0.05, 0.1) is 18.1 Å². The summed E-state index contributed by atoms with van der Waals surface area (Å²) in [7, 11) is 1.57. The molecule has 4 rings (SSSR count). The van der Waals surface area contributed by atoms with E-state index >= 15 is 0 Å². The van der Waals surface area contributed by atoms with Gasteiger partial charge in [-0.25, -0.2) is 4.98 Å². The summed E-state index contributed by atoms with van der Waals surface area (Å²) < 4.78 is 46.2. The van der Waals surface area contributed by atoms with E-state index in [1.165, 1.54) is 0 Å². The fourth-order valence-corrected chi connectivity index (χ4v) is 2.79. The molecule has 0 aliphatic heterocycles. The number of ether oxygens (including phenoxy) is 1. The Labute approximate surface area is 151 Å². The molecule has 0 bridgehead atoms. The Morgan fingerprint density at radius 2 is 1.70 bits per heavy atom. The molecule has 0 aliphatic carbocycles. The molecule has 0 saturated carbocycles. The smallest absolute Gasteiger partial charge is 0.452 e. The molecule has 8 heteroatoms. The van der Waals surface area contributed by atoms with Gasteiger partial charge in [0.2, 0.25) is 5.82 Å². The van der Waals surface area contributed by atoms with Crippen LogP contribution in [-0.4, -0.2) is 26.7 Å². The van der Waals surface area contributed by atoms with Gasteiger partial charge in [-0.2, -0.15) is 13.2 Å². The molecule has 0 aliphatic rings. The lowest BCUT2D eigenvalue weighted by atomic mass is 10.2. The largest absolute Gasteiger partial charge is 0.497 e. The molecule has 0 N–H and O–H groups in total. The van der Waals surface area contributed by atoms with Crippen molar-refractivity contribution < 1.29 is 17.9 Å². The Bertz CT molecular complexity index is 1150. The van der Waals surface area contributed by atoms with E-state index in [0.29, 0.717) is 22.5 Å². The van der Waals surface area contributed by atoms with Gasteiger partial charge >= 0.3 is 6.18 Å². The normalized spacial score (nSPS) is 12.3. The number of fused-ring (bicyclic) bond motifs is 3. The molecule has 0 radical (unpaired) electrons. The zero-order valence-corrected chi connectivity index (χ0v) is 14.1. The van der Waals surface area contributed by atoms with Gasteiger partial charge in [-0.05, 0) is 35.9 Å². The van der Waals surface area contributed by atoms with Crippen molar-refractivity contribution in [3.8, 4) is 5.75 Å². The van der Waals surface area contributed by atoms with Crippen molar-refractivity contribution in [2.75, 3.05) is 7.11 Å². The van der Waals surface area contributed by atoms with Crippen LogP contribution in [0, 0.1) is 0 Å². The number of rotatable bonds is 3. The van der Waals surface area contributed by atoms with Crippen LogP contribution >= 0.6 is 0 Å². The summed E-state index contributed by atoms with van der Waals surface area (Å²) in [4.78, 5) is 4.45. The molecule has 0 amide bonds. The van der Waals surface area contributed by atoms with Gasteiger partial charge in [0.25, 0.3) is 0 Å². The molecule has 0 atom stereocenters. The predicted molar refractivity (Wildman–Crippen MR) is 95.2 cm³/mol.